The number of anilines is 1. The second-order valence-corrected chi connectivity index (χ2v) is 5.24. The van der Waals surface area contributed by atoms with Crippen molar-refractivity contribution in [2.45, 2.75) is 26.3 Å². The van der Waals surface area contributed by atoms with Gasteiger partial charge in [0, 0.05) is 6.04 Å². The molecule has 5 nitrogen and oxygen atoms in total. The molecule has 0 amide bonds. The smallest absolute Gasteiger partial charge is 0.296 e. The van der Waals surface area contributed by atoms with Gasteiger partial charge in [-0.3, -0.25) is 4.72 Å². The van der Waals surface area contributed by atoms with E-state index >= 15 is 0 Å². The van der Waals surface area contributed by atoms with Crippen LogP contribution in [-0.4, -0.2) is 15.0 Å². The molecule has 1 unspecified atom stereocenters. The zero-order valence-corrected chi connectivity index (χ0v) is 10.9. The van der Waals surface area contributed by atoms with Crippen molar-refractivity contribution in [3.05, 3.63) is 29.8 Å². The van der Waals surface area contributed by atoms with Gasteiger partial charge in [-0.2, -0.15) is 8.42 Å². The monoisotopic (exact) mass is 257 g/mol. The number of benzene rings is 1. The lowest BCUT2D eigenvalue weighted by Crippen LogP contribution is -2.22. The van der Waals surface area contributed by atoms with E-state index in [0.29, 0.717) is 5.69 Å². The van der Waals surface area contributed by atoms with Crippen molar-refractivity contribution in [1.82, 2.24) is 5.32 Å². The van der Waals surface area contributed by atoms with Gasteiger partial charge in [0.05, 0.1) is 5.69 Å². The number of nitrogens with two attached hydrogens (primary N) is 1. The summed E-state index contributed by atoms with van der Waals surface area (Å²) < 4.78 is 24.1. The maximum Gasteiger partial charge on any atom is 0.296 e. The molecule has 0 aliphatic carbocycles. The van der Waals surface area contributed by atoms with Crippen LogP contribution in [0.1, 0.15) is 31.9 Å². The van der Waals surface area contributed by atoms with Gasteiger partial charge in [0.2, 0.25) is 0 Å². The fourth-order valence-corrected chi connectivity index (χ4v) is 1.97. The summed E-state index contributed by atoms with van der Waals surface area (Å²) in [6, 6.07) is 7.37. The molecule has 0 saturated carbocycles. The summed E-state index contributed by atoms with van der Waals surface area (Å²) in [7, 11) is -3.71. The van der Waals surface area contributed by atoms with Gasteiger partial charge in [0.15, 0.2) is 0 Å². The SMILES string of the molecule is CCCNC(C)c1cccc(NS(N)(=O)=O)c1. The van der Waals surface area contributed by atoms with Crippen LogP contribution in [0.3, 0.4) is 0 Å². The fourth-order valence-electron chi connectivity index (χ4n) is 1.51. The Morgan fingerprint density at radius 1 is 1.41 bits per heavy atom. The third-order valence-electron chi connectivity index (χ3n) is 2.35. The van der Waals surface area contributed by atoms with Gasteiger partial charge in [0.1, 0.15) is 0 Å². The van der Waals surface area contributed by atoms with E-state index in [4.69, 9.17) is 5.14 Å². The average Bonchev–Trinajstić information content (AvgIpc) is 2.24. The minimum absolute atomic E-state index is 0.178. The molecule has 0 aliphatic heterocycles. The van der Waals surface area contributed by atoms with Gasteiger partial charge in [-0.1, -0.05) is 19.1 Å². The molecule has 0 saturated heterocycles. The Bertz CT molecular complexity index is 460. The summed E-state index contributed by atoms with van der Waals surface area (Å²) in [5, 5.41) is 8.25. The molecule has 1 atom stereocenters. The molecule has 0 heterocycles. The largest absolute Gasteiger partial charge is 0.310 e. The van der Waals surface area contributed by atoms with Crippen LogP contribution in [0.25, 0.3) is 0 Å². The lowest BCUT2D eigenvalue weighted by Gasteiger charge is -2.14. The molecular formula is C11H19N3O2S. The van der Waals surface area contributed by atoms with Crippen LogP contribution in [0.15, 0.2) is 24.3 Å². The Kier molecular flexibility index (Phi) is 4.92. The van der Waals surface area contributed by atoms with Crippen LogP contribution in [0, 0.1) is 0 Å². The normalized spacial score (nSPS) is 13.4. The summed E-state index contributed by atoms with van der Waals surface area (Å²) in [4.78, 5) is 0. The van der Waals surface area contributed by atoms with E-state index in [-0.39, 0.29) is 6.04 Å². The molecule has 0 aliphatic rings. The summed E-state index contributed by atoms with van der Waals surface area (Å²) in [6.45, 7) is 5.05. The first-order valence-electron chi connectivity index (χ1n) is 5.56. The van der Waals surface area contributed by atoms with Gasteiger partial charge >= 0.3 is 0 Å². The molecule has 6 heteroatoms. The minimum Gasteiger partial charge on any atom is -0.310 e. The Balaban J connectivity index is 2.78. The maximum atomic E-state index is 10.9. The molecule has 1 aromatic rings. The average molecular weight is 257 g/mol. The van der Waals surface area contributed by atoms with E-state index < -0.39 is 10.2 Å². The number of hydrogen-bond acceptors (Lipinski definition) is 3. The van der Waals surface area contributed by atoms with E-state index in [2.05, 4.69) is 17.0 Å². The minimum atomic E-state index is -3.71. The predicted molar refractivity (Wildman–Crippen MR) is 69.9 cm³/mol. The summed E-state index contributed by atoms with van der Waals surface area (Å²) in [5.74, 6) is 0. The van der Waals surface area contributed by atoms with Crippen molar-refractivity contribution < 1.29 is 8.42 Å². The Morgan fingerprint density at radius 3 is 2.71 bits per heavy atom. The van der Waals surface area contributed by atoms with Gasteiger partial charge < -0.3 is 5.32 Å². The van der Waals surface area contributed by atoms with Crippen LogP contribution in [0.5, 0.6) is 0 Å². The lowest BCUT2D eigenvalue weighted by molar-refractivity contribution is 0.571. The Morgan fingerprint density at radius 2 is 2.12 bits per heavy atom. The van der Waals surface area contributed by atoms with Crippen LogP contribution in [0.2, 0.25) is 0 Å². The molecule has 0 fully saturated rings. The van der Waals surface area contributed by atoms with Gasteiger partial charge in [-0.05, 0) is 37.6 Å². The Hall–Kier alpha value is -1.11. The lowest BCUT2D eigenvalue weighted by atomic mass is 10.1. The quantitative estimate of drug-likeness (QED) is 0.719. The molecule has 0 spiro atoms. The molecule has 0 bridgehead atoms. The molecule has 1 rings (SSSR count). The summed E-state index contributed by atoms with van der Waals surface area (Å²) in [5.41, 5.74) is 1.50. The fraction of sp³-hybridized carbons (Fsp3) is 0.455. The first-order valence-corrected chi connectivity index (χ1v) is 7.11. The highest BCUT2D eigenvalue weighted by Gasteiger charge is 2.07. The molecule has 17 heavy (non-hydrogen) atoms. The molecule has 0 radical (unpaired) electrons. The first-order chi connectivity index (χ1) is 7.92. The third kappa shape index (κ3) is 5.16. The molecule has 4 N–H and O–H groups in total. The van der Waals surface area contributed by atoms with Crippen molar-refractivity contribution in [2.75, 3.05) is 11.3 Å². The topological polar surface area (TPSA) is 84.2 Å². The van der Waals surface area contributed by atoms with E-state index in [1.54, 1.807) is 18.2 Å². The van der Waals surface area contributed by atoms with Gasteiger partial charge in [0.25, 0.3) is 10.2 Å². The second-order valence-electron chi connectivity index (χ2n) is 3.95. The van der Waals surface area contributed by atoms with Crippen molar-refractivity contribution in [3.63, 3.8) is 0 Å². The van der Waals surface area contributed by atoms with Crippen LogP contribution < -0.4 is 15.2 Å². The van der Waals surface area contributed by atoms with Crippen molar-refractivity contribution >= 4 is 15.9 Å². The highest BCUT2D eigenvalue weighted by molar-refractivity contribution is 7.90. The van der Waals surface area contributed by atoms with E-state index in [1.807, 2.05) is 13.0 Å². The highest BCUT2D eigenvalue weighted by atomic mass is 32.2. The second kappa shape index (κ2) is 6.00. The van der Waals surface area contributed by atoms with E-state index in [9.17, 15) is 8.42 Å². The number of nitrogens with one attached hydrogen (secondary N) is 2. The standard InChI is InChI=1S/C11H19N3O2S/c1-3-7-13-9(2)10-5-4-6-11(8-10)14-17(12,15)16/h4-6,8-9,13-14H,3,7H2,1-2H3,(H2,12,15,16). The zero-order chi connectivity index (χ0) is 12.9. The summed E-state index contributed by atoms with van der Waals surface area (Å²) in [6.07, 6.45) is 1.06. The van der Waals surface area contributed by atoms with Crippen LogP contribution >= 0.6 is 0 Å². The first kappa shape index (κ1) is 14.0. The van der Waals surface area contributed by atoms with Crippen molar-refractivity contribution in [1.29, 1.82) is 0 Å². The summed E-state index contributed by atoms with van der Waals surface area (Å²) >= 11 is 0. The van der Waals surface area contributed by atoms with E-state index in [1.165, 1.54) is 0 Å². The number of rotatable bonds is 6. The zero-order valence-electron chi connectivity index (χ0n) is 10.1. The Labute approximate surface area is 103 Å². The van der Waals surface area contributed by atoms with Crippen molar-refractivity contribution in [3.8, 4) is 0 Å². The molecule has 96 valence electrons. The van der Waals surface area contributed by atoms with Crippen LogP contribution in [-0.2, 0) is 10.2 Å². The molecule has 1 aromatic carbocycles. The molecule has 0 aromatic heterocycles. The van der Waals surface area contributed by atoms with Crippen LogP contribution in [0.4, 0.5) is 5.69 Å². The van der Waals surface area contributed by atoms with Gasteiger partial charge in [-0.15, -0.1) is 0 Å². The maximum absolute atomic E-state index is 10.9. The third-order valence-corrected chi connectivity index (χ3v) is 2.87. The van der Waals surface area contributed by atoms with E-state index in [0.717, 1.165) is 18.5 Å². The number of hydrogen-bond donors (Lipinski definition) is 3. The van der Waals surface area contributed by atoms with Crippen molar-refractivity contribution in [2.24, 2.45) is 5.14 Å². The predicted octanol–water partition coefficient (Wildman–Crippen LogP) is 1.36. The van der Waals surface area contributed by atoms with Gasteiger partial charge in [-0.25, -0.2) is 5.14 Å². The highest BCUT2D eigenvalue weighted by Crippen LogP contribution is 2.17. The molecular weight excluding hydrogens is 238 g/mol.